The van der Waals surface area contributed by atoms with Gasteiger partial charge < -0.3 is 24.8 Å². The van der Waals surface area contributed by atoms with Crippen LogP contribution in [0.2, 0.25) is 0 Å². The largest absolute Gasteiger partial charge is 1.00 e. The number of benzene rings is 4. The van der Waals surface area contributed by atoms with Crippen LogP contribution in [-0.4, -0.2) is 3.81 Å². The summed E-state index contributed by atoms with van der Waals surface area (Å²) in [6.45, 7) is 0. The second-order valence-electron chi connectivity index (χ2n) is 10.7. The second-order valence-corrected chi connectivity index (χ2v) is 15.0. The molecule has 0 aromatic heterocycles. The zero-order valence-corrected chi connectivity index (χ0v) is 25.1. The van der Waals surface area contributed by atoms with Crippen LogP contribution in [0.1, 0.15) is 53.9 Å². The van der Waals surface area contributed by atoms with E-state index in [1.165, 1.54) is 65.5 Å². The Morgan fingerprint density at radius 1 is 0.564 bits per heavy atom. The first kappa shape index (κ1) is 28.1. The topological polar surface area (TPSA) is 0 Å². The molecule has 7 rings (SSSR count). The van der Waals surface area contributed by atoms with Crippen molar-refractivity contribution in [3.05, 3.63) is 130 Å². The number of halogens is 2. The van der Waals surface area contributed by atoms with E-state index in [9.17, 15) is 0 Å². The maximum absolute atomic E-state index is 2.55. The quantitative estimate of drug-likeness (QED) is 0.322. The van der Waals surface area contributed by atoms with Crippen LogP contribution in [0, 0.1) is 0 Å². The Balaban J connectivity index is 0.00000154. The predicted molar refractivity (Wildman–Crippen MR) is 155 cm³/mol. The van der Waals surface area contributed by atoms with E-state index in [0.717, 1.165) is 6.42 Å². The zero-order valence-electron chi connectivity index (χ0n) is 22.0. The normalized spacial score (nSPS) is 15.4. The van der Waals surface area contributed by atoms with Gasteiger partial charge in [-0.2, -0.15) is 0 Å². The van der Waals surface area contributed by atoms with Crippen LogP contribution < -0.4 is 24.8 Å². The third-order valence-corrected chi connectivity index (χ3v) is 14.0. The van der Waals surface area contributed by atoms with E-state index < -0.39 is 17.4 Å². The summed E-state index contributed by atoms with van der Waals surface area (Å²) in [5.74, 6) is 0. The Hall–Kier alpha value is -2.48. The summed E-state index contributed by atoms with van der Waals surface area (Å²) in [5, 5.41) is 0. The van der Waals surface area contributed by atoms with Gasteiger partial charge in [0.05, 0.1) is 0 Å². The van der Waals surface area contributed by atoms with Gasteiger partial charge >= 0.3 is 228 Å². The van der Waals surface area contributed by atoms with Gasteiger partial charge in [0, 0.05) is 0 Å². The minimum atomic E-state index is -1.79. The molecule has 194 valence electrons. The number of rotatable bonds is 4. The van der Waals surface area contributed by atoms with E-state index in [1.54, 1.807) is 15.0 Å². The first-order valence-electron chi connectivity index (χ1n) is 13.8. The predicted octanol–water partition coefficient (Wildman–Crippen LogP) is 3.70. The van der Waals surface area contributed by atoms with Crippen LogP contribution in [0.15, 0.2) is 119 Å². The molecule has 0 saturated heterocycles. The number of allylic oxidation sites excluding steroid dienone is 4. The average molecular weight is 583 g/mol. The fraction of sp³-hybridized carbons (Fsp3) is 0.194. The molecule has 0 nitrogen and oxygen atoms in total. The van der Waals surface area contributed by atoms with Gasteiger partial charge in [-0.25, -0.2) is 0 Å². The van der Waals surface area contributed by atoms with Gasteiger partial charge in [0.15, 0.2) is 0 Å². The van der Waals surface area contributed by atoms with Crippen molar-refractivity contribution in [2.75, 3.05) is 0 Å². The van der Waals surface area contributed by atoms with E-state index in [1.807, 2.05) is 3.81 Å². The molecule has 0 unspecified atom stereocenters. The van der Waals surface area contributed by atoms with Crippen LogP contribution in [0.3, 0.4) is 0 Å². The van der Waals surface area contributed by atoms with Crippen molar-refractivity contribution in [1.29, 1.82) is 0 Å². The summed E-state index contributed by atoms with van der Waals surface area (Å²) in [6.07, 6.45) is 15.2. The Morgan fingerprint density at radius 3 is 1.59 bits per heavy atom. The molecule has 4 aromatic rings. The Bertz CT molecular complexity index is 1470. The maximum Gasteiger partial charge on any atom is -1.00 e. The third-order valence-electron chi connectivity index (χ3n) is 8.47. The molecule has 1 fully saturated rings. The molecular formula is C36H32Cl2Ti. The molecule has 0 bridgehead atoms. The van der Waals surface area contributed by atoms with Crippen LogP contribution in [-0.2, 0) is 17.4 Å². The third kappa shape index (κ3) is 5.33. The monoisotopic (exact) mass is 582 g/mol. The maximum atomic E-state index is 2.55. The summed E-state index contributed by atoms with van der Waals surface area (Å²) in [4.78, 5) is 0. The van der Waals surface area contributed by atoms with Crippen LogP contribution >= 0.6 is 0 Å². The second kappa shape index (κ2) is 12.4. The number of hydrogen-bond acceptors (Lipinski definition) is 0. The van der Waals surface area contributed by atoms with E-state index in [0.29, 0.717) is 4.22 Å². The Kier molecular flexibility index (Phi) is 8.90. The van der Waals surface area contributed by atoms with Crippen molar-refractivity contribution in [2.24, 2.45) is 0 Å². The molecule has 0 N–H and O–H groups in total. The van der Waals surface area contributed by atoms with E-state index >= 15 is 0 Å². The molecule has 0 atom stereocenters. The average Bonchev–Trinajstić information content (AvgIpc) is 3.62. The van der Waals surface area contributed by atoms with Gasteiger partial charge in [0.2, 0.25) is 0 Å². The van der Waals surface area contributed by atoms with Gasteiger partial charge in [-0.05, 0) is 0 Å². The van der Waals surface area contributed by atoms with Crippen LogP contribution in [0.5, 0.6) is 0 Å². The summed E-state index contributed by atoms with van der Waals surface area (Å²) in [5.41, 5.74) is 11.4. The molecule has 1 saturated carbocycles. The van der Waals surface area contributed by atoms with Crippen molar-refractivity contribution >= 4 is 3.81 Å². The summed E-state index contributed by atoms with van der Waals surface area (Å²) in [6, 6.07) is 36.5. The van der Waals surface area contributed by atoms with Gasteiger partial charge in [-0.3, -0.25) is 0 Å². The van der Waals surface area contributed by atoms with Crippen molar-refractivity contribution in [1.82, 2.24) is 0 Å². The molecule has 39 heavy (non-hydrogen) atoms. The van der Waals surface area contributed by atoms with Crippen molar-refractivity contribution in [3.8, 4) is 33.4 Å². The molecule has 0 radical (unpaired) electrons. The van der Waals surface area contributed by atoms with E-state index in [2.05, 4.69) is 115 Å². The smallest absolute Gasteiger partial charge is 1.00 e. The number of hydrogen-bond donors (Lipinski definition) is 0. The van der Waals surface area contributed by atoms with Gasteiger partial charge in [0.1, 0.15) is 0 Å². The van der Waals surface area contributed by atoms with Crippen LogP contribution in [0.25, 0.3) is 33.4 Å². The van der Waals surface area contributed by atoms with Gasteiger partial charge in [-0.1, -0.05) is 0 Å². The fourth-order valence-corrected chi connectivity index (χ4v) is 12.7. The Morgan fingerprint density at radius 2 is 1.10 bits per heavy atom. The van der Waals surface area contributed by atoms with Gasteiger partial charge in [0.25, 0.3) is 0 Å². The van der Waals surface area contributed by atoms with E-state index in [4.69, 9.17) is 0 Å². The molecule has 4 aromatic carbocycles. The number of fused-ring (bicyclic) bond motifs is 3. The molecule has 3 aliphatic rings. The van der Waals surface area contributed by atoms with Crippen LogP contribution in [0.4, 0.5) is 0 Å². The minimum Gasteiger partial charge on any atom is -1.00 e. The fourth-order valence-electron chi connectivity index (χ4n) is 6.70. The Labute approximate surface area is 251 Å². The SMILES string of the molecule is C1=CC[C]([Ti+2](=[C]2CCCCC2)[CH]2c3cc(-c4ccccc4)ccc3-c3ccc(-c4ccccc4)cc32)=C1.[Cl-].[Cl-]. The minimum absolute atomic E-state index is 0. The first-order valence-corrected chi connectivity index (χ1v) is 16.3. The standard InChI is InChI=1S/C25H17.C6H10.C5H5.2ClH.Ti/c1-3-7-18(8-4-1)20-11-13-24-22(15-20)17-23-16-21(12-14-25(23)24)19-9-5-2-6-10-19;1-2-4-6-5-3-1;1-2-4-5-3-1;;;/h1-17H;1-5H2;1-3H,4H2;2*1H;/q;;;;;+2/p-2. The summed E-state index contributed by atoms with van der Waals surface area (Å²) >= 11 is -1.79. The molecule has 0 amide bonds. The summed E-state index contributed by atoms with van der Waals surface area (Å²) < 4.78 is 4.26. The molecular weight excluding hydrogens is 551 g/mol. The zero-order chi connectivity index (χ0) is 24.6. The molecule has 3 aliphatic carbocycles. The molecule has 0 aliphatic heterocycles. The van der Waals surface area contributed by atoms with Crippen molar-refractivity contribution in [3.63, 3.8) is 0 Å². The first-order chi connectivity index (χ1) is 18.4. The molecule has 0 spiro atoms. The molecule has 3 heteroatoms. The summed E-state index contributed by atoms with van der Waals surface area (Å²) in [7, 11) is 0. The van der Waals surface area contributed by atoms with Gasteiger partial charge in [-0.15, -0.1) is 0 Å². The molecule has 0 heterocycles. The van der Waals surface area contributed by atoms with E-state index in [-0.39, 0.29) is 24.8 Å². The van der Waals surface area contributed by atoms with Crippen molar-refractivity contribution < 1.29 is 42.2 Å². The van der Waals surface area contributed by atoms with Crippen molar-refractivity contribution in [2.45, 2.75) is 42.7 Å².